The zero-order valence-electron chi connectivity index (χ0n) is 9.48. The van der Waals surface area contributed by atoms with Crippen LogP contribution in [0.4, 0.5) is 5.13 Å². The molecular formula is C11H18N4S. The number of hydrogen-bond acceptors (Lipinski definition) is 5. The molecule has 2 aliphatic rings. The highest BCUT2D eigenvalue weighted by Gasteiger charge is 2.22. The molecule has 0 aliphatic carbocycles. The van der Waals surface area contributed by atoms with Crippen LogP contribution >= 0.6 is 11.3 Å². The molecule has 2 saturated heterocycles. The van der Waals surface area contributed by atoms with Gasteiger partial charge in [0, 0.05) is 19.0 Å². The topological polar surface area (TPSA) is 41.1 Å². The van der Waals surface area contributed by atoms with Crippen molar-refractivity contribution in [3.8, 4) is 0 Å². The molecule has 0 bridgehead atoms. The second-order valence-corrected chi connectivity index (χ2v) is 5.63. The summed E-state index contributed by atoms with van der Waals surface area (Å²) in [5, 5.41) is 14.5. The van der Waals surface area contributed by atoms with Gasteiger partial charge < -0.3 is 10.2 Å². The first-order chi connectivity index (χ1) is 7.93. The Balaban J connectivity index is 1.71. The van der Waals surface area contributed by atoms with Crippen LogP contribution in [0.15, 0.2) is 0 Å². The molecule has 0 spiro atoms. The van der Waals surface area contributed by atoms with Crippen LogP contribution < -0.4 is 10.2 Å². The van der Waals surface area contributed by atoms with Crippen LogP contribution in [0.1, 0.15) is 36.6 Å². The van der Waals surface area contributed by atoms with E-state index in [2.05, 4.69) is 20.4 Å². The minimum absolute atomic E-state index is 0.648. The van der Waals surface area contributed by atoms with Gasteiger partial charge >= 0.3 is 0 Å². The summed E-state index contributed by atoms with van der Waals surface area (Å²) in [6.45, 7) is 4.59. The lowest BCUT2D eigenvalue weighted by Crippen LogP contribution is -2.26. The van der Waals surface area contributed by atoms with Gasteiger partial charge in [0.1, 0.15) is 5.01 Å². The number of nitrogens with zero attached hydrogens (tertiary/aromatic N) is 3. The minimum atomic E-state index is 0.648. The molecule has 1 N–H and O–H groups in total. The fraction of sp³-hybridized carbons (Fsp3) is 0.818. The van der Waals surface area contributed by atoms with E-state index in [-0.39, 0.29) is 0 Å². The third kappa shape index (κ3) is 2.06. The highest BCUT2D eigenvalue weighted by atomic mass is 32.1. The average molecular weight is 238 g/mol. The Labute approximate surface area is 100 Å². The van der Waals surface area contributed by atoms with E-state index in [1.807, 2.05) is 11.3 Å². The second-order valence-electron chi connectivity index (χ2n) is 4.64. The fourth-order valence-corrected chi connectivity index (χ4v) is 3.56. The Bertz CT molecular complexity index is 340. The highest BCUT2D eigenvalue weighted by molar-refractivity contribution is 7.15. The maximum atomic E-state index is 4.38. The summed E-state index contributed by atoms with van der Waals surface area (Å²) in [6, 6.07) is 0. The van der Waals surface area contributed by atoms with E-state index in [0.717, 1.165) is 18.2 Å². The van der Waals surface area contributed by atoms with Crippen LogP contribution in [0.2, 0.25) is 0 Å². The summed E-state index contributed by atoms with van der Waals surface area (Å²) in [5.74, 6) is 0.648. The molecule has 0 saturated carbocycles. The van der Waals surface area contributed by atoms with E-state index in [1.165, 1.54) is 43.8 Å². The number of aromatic nitrogens is 2. The van der Waals surface area contributed by atoms with Crippen molar-refractivity contribution in [3.05, 3.63) is 5.01 Å². The first kappa shape index (κ1) is 10.5. The Morgan fingerprint density at radius 3 is 2.62 bits per heavy atom. The van der Waals surface area contributed by atoms with Crippen LogP contribution in [0.5, 0.6) is 0 Å². The van der Waals surface area contributed by atoms with Crippen molar-refractivity contribution >= 4 is 16.5 Å². The summed E-state index contributed by atoms with van der Waals surface area (Å²) < 4.78 is 0. The van der Waals surface area contributed by atoms with Crippen LogP contribution in [0.25, 0.3) is 0 Å². The van der Waals surface area contributed by atoms with Crippen molar-refractivity contribution in [1.82, 2.24) is 15.5 Å². The summed E-state index contributed by atoms with van der Waals surface area (Å²) in [6.07, 6.45) is 5.05. The van der Waals surface area contributed by atoms with Crippen molar-refractivity contribution in [3.63, 3.8) is 0 Å². The minimum Gasteiger partial charge on any atom is -0.347 e. The summed E-state index contributed by atoms with van der Waals surface area (Å²) in [7, 11) is 0. The monoisotopic (exact) mass is 238 g/mol. The second kappa shape index (κ2) is 4.67. The molecule has 1 aromatic heterocycles. The summed E-state index contributed by atoms with van der Waals surface area (Å²) >= 11 is 1.81. The quantitative estimate of drug-likeness (QED) is 0.850. The molecule has 0 amide bonds. The number of hydrogen-bond donors (Lipinski definition) is 1. The van der Waals surface area contributed by atoms with E-state index in [9.17, 15) is 0 Å². The molecule has 2 aliphatic heterocycles. The third-order valence-electron chi connectivity index (χ3n) is 3.49. The Morgan fingerprint density at radius 1 is 1.12 bits per heavy atom. The maximum absolute atomic E-state index is 4.38. The molecule has 3 rings (SSSR count). The van der Waals surface area contributed by atoms with Crippen molar-refractivity contribution in [2.45, 2.75) is 31.6 Å². The van der Waals surface area contributed by atoms with Gasteiger partial charge in [0.2, 0.25) is 5.13 Å². The van der Waals surface area contributed by atoms with Crippen molar-refractivity contribution in [1.29, 1.82) is 0 Å². The van der Waals surface area contributed by atoms with Gasteiger partial charge in [-0.2, -0.15) is 0 Å². The van der Waals surface area contributed by atoms with Gasteiger partial charge in [-0.15, -0.1) is 10.2 Å². The fourth-order valence-electron chi connectivity index (χ4n) is 2.50. The Kier molecular flexibility index (Phi) is 3.06. The molecule has 1 aromatic rings. The Morgan fingerprint density at radius 2 is 1.88 bits per heavy atom. The lowest BCUT2D eigenvalue weighted by atomic mass is 9.99. The molecule has 88 valence electrons. The van der Waals surface area contributed by atoms with Crippen LogP contribution in [0.3, 0.4) is 0 Å². The predicted octanol–water partition coefficient (Wildman–Crippen LogP) is 1.61. The van der Waals surface area contributed by atoms with Crippen molar-refractivity contribution in [2.24, 2.45) is 0 Å². The number of piperidine rings is 1. The van der Waals surface area contributed by atoms with E-state index >= 15 is 0 Å². The van der Waals surface area contributed by atoms with Crippen LogP contribution in [0, 0.1) is 0 Å². The van der Waals surface area contributed by atoms with Gasteiger partial charge in [0.05, 0.1) is 0 Å². The molecule has 5 heteroatoms. The van der Waals surface area contributed by atoms with E-state index < -0.39 is 0 Å². The SMILES string of the molecule is C1CCN(c2nnc(C3CCNCC3)s2)C1. The lowest BCUT2D eigenvalue weighted by molar-refractivity contribution is 0.457. The summed E-state index contributed by atoms with van der Waals surface area (Å²) in [5.41, 5.74) is 0. The van der Waals surface area contributed by atoms with Gasteiger partial charge in [-0.05, 0) is 38.8 Å². The zero-order valence-corrected chi connectivity index (χ0v) is 10.3. The van der Waals surface area contributed by atoms with Gasteiger partial charge in [-0.3, -0.25) is 0 Å². The lowest BCUT2D eigenvalue weighted by Gasteiger charge is -2.19. The number of nitrogens with one attached hydrogen (secondary N) is 1. The first-order valence-electron chi connectivity index (χ1n) is 6.22. The molecule has 0 aromatic carbocycles. The third-order valence-corrected chi connectivity index (χ3v) is 4.64. The molecule has 4 nitrogen and oxygen atoms in total. The van der Waals surface area contributed by atoms with E-state index in [0.29, 0.717) is 5.92 Å². The molecule has 0 atom stereocenters. The molecule has 16 heavy (non-hydrogen) atoms. The number of anilines is 1. The molecule has 3 heterocycles. The predicted molar refractivity (Wildman–Crippen MR) is 66.2 cm³/mol. The molecule has 0 unspecified atom stereocenters. The van der Waals surface area contributed by atoms with Gasteiger partial charge in [0.15, 0.2) is 0 Å². The van der Waals surface area contributed by atoms with Crippen molar-refractivity contribution < 1.29 is 0 Å². The maximum Gasteiger partial charge on any atom is 0.208 e. The smallest absolute Gasteiger partial charge is 0.208 e. The van der Waals surface area contributed by atoms with Crippen LogP contribution in [-0.2, 0) is 0 Å². The Hall–Kier alpha value is -0.680. The van der Waals surface area contributed by atoms with Gasteiger partial charge in [-0.1, -0.05) is 11.3 Å². The van der Waals surface area contributed by atoms with Crippen LogP contribution in [-0.4, -0.2) is 36.4 Å². The largest absolute Gasteiger partial charge is 0.347 e. The molecule has 0 radical (unpaired) electrons. The van der Waals surface area contributed by atoms with Crippen molar-refractivity contribution in [2.75, 3.05) is 31.1 Å². The standard InChI is InChI=1S/C11H18N4S/c1-2-8-15(7-1)11-14-13-10(16-11)9-3-5-12-6-4-9/h9,12H,1-8H2. The van der Waals surface area contributed by atoms with Gasteiger partial charge in [0.25, 0.3) is 0 Å². The summed E-state index contributed by atoms with van der Waals surface area (Å²) in [4.78, 5) is 2.38. The van der Waals surface area contributed by atoms with Gasteiger partial charge in [-0.25, -0.2) is 0 Å². The molecule has 2 fully saturated rings. The first-order valence-corrected chi connectivity index (χ1v) is 7.04. The molecular weight excluding hydrogens is 220 g/mol. The normalized spacial score (nSPS) is 22.9. The van der Waals surface area contributed by atoms with E-state index in [4.69, 9.17) is 0 Å². The highest BCUT2D eigenvalue weighted by Crippen LogP contribution is 2.32. The zero-order chi connectivity index (χ0) is 10.8. The van der Waals surface area contributed by atoms with E-state index in [1.54, 1.807) is 0 Å². The average Bonchev–Trinajstić information content (AvgIpc) is 3.01. The number of rotatable bonds is 2.